The third-order valence-electron chi connectivity index (χ3n) is 9.15. The van der Waals surface area contributed by atoms with E-state index in [1.807, 2.05) is 13.0 Å². The number of fused-ring (bicyclic) bond motifs is 1. The number of amides is 1. The molecular weight excluding hydrogens is 539 g/mol. The van der Waals surface area contributed by atoms with Gasteiger partial charge < -0.3 is 25.0 Å². The number of piperidine rings is 1. The lowest BCUT2D eigenvalue weighted by Crippen LogP contribution is -2.47. The number of aliphatic hydroxyl groups excluding tert-OH is 1. The predicted octanol–water partition coefficient (Wildman–Crippen LogP) is 3.15. The minimum absolute atomic E-state index is 0.0223. The zero-order valence-corrected chi connectivity index (χ0v) is 24.5. The molecule has 0 saturated carbocycles. The van der Waals surface area contributed by atoms with Gasteiger partial charge in [-0.2, -0.15) is 0 Å². The van der Waals surface area contributed by atoms with E-state index < -0.39 is 11.9 Å². The second kappa shape index (κ2) is 11.3. The van der Waals surface area contributed by atoms with E-state index in [2.05, 4.69) is 43.9 Å². The Hall–Kier alpha value is -3.41. The molecule has 3 aliphatic heterocycles. The molecular formula is C31H39FN6O4. The SMILES string of the molecule is Cc1c(CN2CC[C@]3(CCCNC3=O)C2)n(C(C)C)c2cc(-c3nc(N[C@@H]4CCOC[C@H]4O)ncc3F)ccc2c1=O. The normalized spacial score (nSPS) is 25.0. The van der Waals surface area contributed by atoms with Crippen LogP contribution < -0.4 is 16.1 Å². The van der Waals surface area contributed by atoms with E-state index in [0.717, 1.165) is 44.2 Å². The summed E-state index contributed by atoms with van der Waals surface area (Å²) in [6.45, 7) is 9.50. The van der Waals surface area contributed by atoms with Gasteiger partial charge in [0.05, 0.1) is 35.9 Å². The van der Waals surface area contributed by atoms with Gasteiger partial charge in [-0.05, 0) is 65.1 Å². The first-order valence-corrected chi connectivity index (χ1v) is 14.9. The lowest BCUT2D eigenvalue weighted by Gasteiger charge is -2.32. The molecule has 3 atom stereocenters. The third-order valence-corrected chi connectivity index (χ3v) is 9.15. The molecule has 3 aromatic rings. The Kier molecular flexibility index (Phi) is 7.75. The van der Waals surface area contributed by atoms with Crippen molar-refractivity contribution in [1.82, 2.24) is 24.8 Å². The third kappa shape index (κ3) is 5.18. The topological polar surface area (TPSA) is 122 Å². The fraction of sp³-hybridized carbons (Fsp3) is 0.548. The molecule has 0 radical (unpaired) electrons. The highest BCUT2D eigenvalue weighted by Crippen LogP contribution is 2.38. The molecule has 1 amide bonds. The number of halogens is 1. The molecule has 3 aliphatic rings. The summed E-state index contributed by atoms with van der Waals surface area (Å²) < 4.78 is 22.6. The Labute approximate surface area is 244 Å². The molecule has 3 N–H and O–H groups in total. The number of ether oxygens (including phenoxy) is 1. The standard InChI is InChI=1S/C31H39FN6O4/c1-18(2)38-24-13-20(27-22(32)14-34-30(36-27)35-23-7-12-42-16-26(23)39)5-6-21(24)28(40)19(3)25(38)15-37-11-9-31(17-37)8-4-10-33-29(31)41/h5-6,13-14,18,23,26,39H,4,7-12,15-17H2,1-3H3,(H,33,41)(H,34,35,36)/t23-,26-,31-/m1/s1. The summed E-state index contributed by atoms with van der Waals surface area (Å²) >= 11 is 0. The number of nitrogens with zero attached hydrogens (tertiary/aromatic N) is 4. The van der Waals surface area contributed by atoms with Gasteiger partial charge in [-0.1, -0.05) is 6.07 Å². The molecule has 0 bridgehead atoms. The minimum Gasteiger partial charge on any atom is -0.389 e. The Bertz CT molecular complexity index is 1580. The Morgan fingerprint density at radius 2 is 2.12 bits per heavy atom. The van der Waals surface area contributed by atoms with Crippen LogP contribution in [0.2, 0.25) is 0 Å². The quantitative estimate of drug-likeness (QED) is 0.408. The molecule has 1 spiro atoms. The predicted molar refractivity (Wildman–Crippen MR) is 158 cm³/mol. The fourth-order valence-corrected chi connectivity index (χ4v) is 6.83. The largest absolute Gasteiger partial charge is 0.389 e. The van der Waals surface area contributed by atoms with Crippen LogP contribution in [0.4, 0.5) is 10.3 Å². The zero-order chi connectivity index (χ0) is 29.6. The Morgan fingerprint density at radius 1 is 1.29 bits per heavy atom. The zero-order valence-electron chi connectivity index (χ0n) is 24.5. The van der Waals surface area contributed by atoms with Crippen LogP contribution in [0.5, 0.6) is 0 Å². The number of hydrogen-bond donors (Lipinski definition) is 3. The number of nitrogens with one attached hydrogen (secondary N) is 2. The molecule has 42 heavy (non-hydrogen) atoms. The van der Waals surface area contributed by atoms with Gasteiger partial charge in [-0.15, -0.1) is 0 Å². The summed E-state index contributed by atoms with van der Waals surface area (Å²) in [7, 11) is 0. The van der Waals surface area contributed by atoms with Crippen molar-refractivity contribution in [3.8, 4) is 11.3 Å². The second-order valence-corrected chi connectivity index (χ2v) is 12.3. The summed E-state index contributed by atoms with van der Waals surface area (Å²) in [5.74, 6) is -0.214. The van der Waals surface area contributed by atoms with Crippen LogP contribution in [-0.4, -0.2) is 75.4 Å². The number of anilines is 1. The van der Waals surface area contributed by atoms with Gasteiger partial charge in [0.2, 0.25) is 11.9 Å². The van der Waals surface area contributed by atoms with Gasteiger partial charge in [-0.25, -0.2) is 14.4 Å². The van der Waals surface area contributed by atoms with E-state index in [9.17, 15) is 14.7 Å². The van der Waals surface area contributed by atoms with Crippen molar-refractivity contribution < 1.29 is 19.0 Å². The fourth-order valence-electron chi connectivity index (χ4n) is 6.83. The van der Waals surface area contributed by atoms with Crippen molar-refractivity contribution in [2.75, 3.05) is 38.2 Å². The molecule has 11 heteroatoms. The monoisotopic (exact) mass is 578 g/mol. The van der Waals surface area contributed by atoms with Crippen molar-refractivity contribution in [2.24, 2.45) is 5.41 Å². The van der Waals surface area contributed by atoms with Crippen molar-refractivity contribution in [3.63, 3.8) is 0 Å². The molecule has 0 unspecified atom stereocenters. The van der Waals surface area contributed by atoms with Crippen LogP contribution in [-0.2, 0) is 16.1 Å². The lowest BCUT2D eigenvalue weighted by atomic mass is 9.79. The molecule has 1 aromatic carbocycles. The van der Waals surface area contributed by atoms with Crippen LogP contribution in [0.1, 0.15) is 56.8 Å². The summed E-state index contributed by atoms with van der Waals surface area (Å²) in [4.78, 5) is 37.3. The first-order valence-electron chi connectivity index (χ1n) is 14.9. The average Bonchev–Trinajstić information content (AvgIpc) is 3.38. The summed E-state index contributed by atoms with van der Waals surface area (Å²) in [5.41, 5.74) is 2.55. The van der Waals surface area contributed by atoms with Crippen LogP contribution in [0.3, 0.4) is 0 Å². The van der Waals surface area contributed by atoms with Gasteiger partial charge in [0.1, 0.15) is 5.69 Å². The molecule has 2 aromatic heterocycles. The number of aliphatic hydroxyl groups is 1. The highest BCUT2D eigenvalue weighted by atomic mass is 19.1. The van der Waals surface area contributed by atoms with Gasteiger partial charge >= 0.3 is 0 Å². The smallest absolute Gasteiger partial charge is 0.227 e. The van der Waals surface area contributed by atoms with Crippen LogP contribution in [0.15, 0.2) is 29.2 Å². The lowest BCUT2D eigenvalue weighted by molar-refractivity contribution is -0.132. The average molecular weight is 579 g/mol. The number of carbonyl (C=O) groups is 1. The summed E-state index contributed by atoms with van der Waals surface area (Å²) in [6.07, 6.45) is 3.69. The number of pyridine rings is 1. The maximum atomic E-state index is 15.1. The number of carbonyl (C=O) groups excluding carboxylic acids is 1. The van der Waals surface area contributed by atoms with Crippen molar-refractivity contribution in [3.05, 3.63) is 51.7 Å². The van der Waals surface area contributed by atoms with Crippen molar-refractivity contribution in [1.29, 1.82) is 0 Å². The van der Waals surface area contributed by atoms with E-state index in [1.165, 1.54) is 0 Å². The van der Waals surface area contributed by atoms with Gasteiger partial charge in [0.15, 0.2) is 11.2 Å². The maximum Gasteiger partial charge on any atom is 0.227 e. The maximum absolute atomic E-state index is 15.1. The van der Waals surface area contributed by atoms with E-state index >= 15 is 4.39 Å². The molecule has 5 heterocycles. The first kappa shape index (κ1) is 28.7. The second-order valence-electron chi connectivity index (χ2n) is 12.3. The van der Waals surface area contributed by atoms with Crippen molar-refractivity contribution in [2.45, 2.75) is 71.2 Å². The molecule has 10 nitrogen and oxygen atoms in total. The molecule has 224 valence electrons. The molecule has 0 aliphatic carbocycles. The van der Waals surface area contributed by atoms with Gasteiger partial charge in [0, 0.05) is 54.5 Å². The van der Waals surface area contributed by atoms with E-state index in [-0.39, 0.29) is 47.1 Å². The van der Waals surface area contributed by atoms with Crippen LogP contribution >= 0.6 is 0 Å². The van der Waals surface area contributed by atoms with E-state index in [4.69, 9.17) is 4.74 Å². The molecule has 3 saturated heterocycles. The Morgan fingerprint density at radius 3 is 2.88 bits per heavy atom. The van der Waals surface area contributed by atoms with Crippen molar-refractivity contribution >= 4 is 22.8 Å². The first-order chi connectivity index (χ1) is 20.2. The highest BCUT2D eigenvalue weighted by Gasteiger charge is 2.45. The van der Waals surface area contributed by atoms with E-state index in [1.54, 1.807) is 12.1 Å². The van der Waals surface area contributed by atoms with Gasteiger partial charge in [-0.3, -0.25) is 14.5 Å². The summed E-state index contributed by atoms with van der Waals surface area (Å²) in [6, 6.07) is 5.02. The molecule has 6 rings (SSSR count). The summed E-state index contributed by atoms with van der Waals surface area (Å²) in [5, 5.41) is 17.0. The van der Waals surface area contributed by atoms with E-state index in [0.29, 0.717) is 48.1 Å². The number of likely N-dealkylation sites (tertiary alicyclic amines) is 1. The Balaban J connectivity index is 1.37. The minimum atomic E-state index is -0.711. The number of benzene rings is 1. The van der Waals surface area contributed by atoms with Gasteiger partial charge in [0.25, 0.3) is 0 Å². The number of aromatic nitrogens is 3. The van der Waals surface area contributed by atoms with Crippen LogP contribution in [0, 0.1) is 18.2 Å². The highest BCUT2D eigenvalue weighted by molar-refractivity contribution is 5.85. The molecule has 3 fully saturated rings. The number of hydrogen-bond acceptors (Lipinski definition) is 8. The van der Waals surface area contributed by atoms with Crippen LogP contribution in [0.25, 0.3) is 22.2 Å². The number of rotatable bonds is 6.